The van der Waals surface area contributed by atoms with Crippen molar-refractivity contribution >= 4 is 41.8 Å². The second-order valence-corrected chi connectivity index (χ2v) is 6.79. The Morgan fingerprint density at radius 3 is 2.17 bits per heavy atom. The van der Waals surface area contributed by atoms with E-state index in [0.717, 1.165) is 25.3 Å². The van der Waals surface area contributed by atoms with E-state index < -0.39 is 0 Å². The molecule has 0 atom stereocenters. The van der Waals surface area contributed by atoms with Gasteiger partial charge in [0.1, 0.15) is 0 Å². The summed E-state index contributed by atoms with van der Waals surface area (Å²) in [4.78, 5) is 30.2. The Balaban J connectivity index is 0.00000300. The van der Waals surface area contributed by atoms with Crippen molar-refractivity contribution < 1.29 is 9.59 Å². The first kappa shape index (κ1) is 22.9. The van der Waals surface area contributed by atoms with Crippen molar-refractivity contribution in [1.29, 1.82) is 0 Å². The van der Waals surface area contributed by atoms with Gasteiger partial charge in [-0.2, -0.15) is 0 Å². The molecule has 1 aliphatic rings. The molecule has 0 spiro atoms. The number of unbranched alkanes of at least 4 members (excludes halogenated alkanes) is 1. The minimum atomic E-state index is -0.190. The summed E-state index contributed by atoms with van der Waals surface area (Å²) in [6, 6.07) is 15.2. The van der Waals surface area contributed by atoms with Crippen LogP contribution in [0, 0.1) is 6.92 Å². The lowest BCUT2D eigenvalue weighted by molar-refractivity contribution is 0.0652. The number of hydrogen-bond acceptors (Lipinski definition) is 3. The van der Waals surface area contributed by atoms with Gasteiger partial charge in [0.05, 0.1) is 11.1 Å². The molecule has 2 N–H and O–H groups in total. The predicted octanol–water partition coefficient (Wildman–Crippen LogP) is 3.35. The maximum atomic E-state index is 12.3. The van der Waals surface area contributed by atoms with Crippen molar-refractivity contribution in [1.82, 2.24) is 15.5 Å². The van der Waals surface area contributed by atoms with Gasteiger partial charge in [0, 0.05) is 26.7 Å². The molecular weight excluding hydrogens is 479 g/mol. The molecule has 3 rings (SSSR count). The van der Waals surface area contributed by atoms with Crippen LogP contribution in [0.4, 0.5) is 0 Å². The Morgan fingerprint density at radius 2 is 1.55 bits per heavy atom. The van der Waals surface area contributed by atoms with E-state index >= 15 is 0 Å². The van der Waals surface area contributed by atoms with E-state index in [9.17, 15) is 9.59 Å². The van der Waals surface area contributed by atoms with Gasteiger partial charge in [0.15, 0.2) is 5.96 Å². The van der Waals surface area contributed by atoms with Gasteiger partial charge in [0.2, 0.25) is 0 Å². The average Bonchev–Trinajstić information content (AvgIpc) is 2.96. The minimum Gasteiger partial charge on any atom is -0.356 e. The maximum Gasteiger partial charge on any atom is 0.261 e. The number of carbonyl (C=O) groups excluding carboxylic acids is 2. The van der Waals surface area contributed by atoms with Gasteiger partial charge < -0.3 is 10.6 Å². The van der Waals surface area contributed by atoms with Crippen LogP contribution in [0.3, 0.4) is 0 Å². The van der Waals surface area contributed by atoms with Crippen LogP contribution >= 0.6 is 24.0 Å². The maximum absolute atomic E-state index is 12.3. The van der Waals surface area contributed by atoms with E-state index in [2.05, 4.69) is 34.7 Å². The van der Waals surface area contributed by atoms with Crippen molar-refractivity contribution in [2.45, 2.75) is 26.3 Å². The number of amides is 2. The van der Waals surface area contributed by atoms with E-state index in [1.54, 1.807) is 31.3 Å². The number of aliphatic imine (C=N–C) groups is 1. The molecule has 1 heterocycles. The molecule has 0 unspecified atom stereocenters. The standard InChI is InChI=1S/C22H26N4O2.HI/c1-16-9-3-4-10-17(16)15-25-22(23-2)24-13-7-8-14-26-20(27)18-11-5-6-12-19(18)21(26)28;/h3-6,9-12H,7-8,13-15H2,1-2H3,(H2,23,24,25);1H. The van der Waals surface area contributed by atoms with Gasteiger partial charge in [-0.25, -0.2) is 0 Å². The van der Waals surface area contributed by atoms with Crippen LogP contribution in [0.15, 0.2) is 53.5 Å². The lowest BCUT2D eigenvalue weighted by atomic mass is 10.1. The number of fused-ring (bicyclic) bond motifs is 1. The normalized spacial score (nSPS) is 13.2. The Bertz CT molecular complexity index is 863. The number of nitrogens with one attached hydrogen (secondary N) is 2. The molecule has 0 saturated carbocycles. The number of carbonyl (C=O) groups is 2. The van der Waals surface area contributed by atoms with Crippen LogP contribution in [0.25, 0.3) is 0 Å². The first-order chi connectivity index (χ1) is 13.6. The third-order valence-electron chi connectivity index (χ3n) is 4.91. The van der Waals surface area contributed by atoms with E-state index in [0.29, 0.717) is 24.2 Å². The number of nitrogens with zero attached hydrogens (tertiary/aromatic N) is 2. The summed E-state index contributed by atoms with van der Waals surface area (Å²) in [6.45, 7) is 3.95. The fourth-order valence-electron chi connectivity index (χ4n) is 3.25. The number of hydrogen-bond donors (Lipinski definition) is 2. The van der Waals surface area contributed by atoms with Gasteiger partial charge >= 0.3 is 0 Å². The molecule has 6 nitrogen and oxygen atoms in total. The molecule has 7 heteroatoms. The van der Waals surface area contributed by atoms with Crippen molar-refractivity contribution in [3.63, 3.8) is 0 Å². The first-order valence-corrected chi connectivity index (χ1v) is 9.56. The number of aryl methyl sites for hydroxylation is 1. The largest absolute Gasteiger partial charge is 0.356 e. The molecule has 0 aliphatic carbocycles. The lowest BCUT2D eigenvalue weighted by Crippen LogP contribution is -2.37. The zero-order valence-electron chi connectivity index (χ0n) is 16.8. The summed E-state index contributed by atoms with van der Waals surface area (Å²) in [5.41, 5.74) is 3.49. The summed E-state index contributed by atoms with van der Waals surface area (Å²) in [7, 11) is 1.74. The Hall–Kier alpha value is -2.42. The Labute approximate surface area is 188 Å². The number of benzene rings is 2. The number of guanidine groups is 1. The van der Waals surface area contributed by atoms with Crippen LogP contribution in [0.1, 0.15) is 44.7 Å². The molecule has 2 aromatic carbocycles. The molecule has 2 aromatic rings. The van der Waals surface area contributed by atoms with E-state index in [1.807, 2.05) is 12.1 Å². The van der Waals surface area contributed by atoms with Crippen LogP contribution in [-0.4, -0.2) is 42.8 Å². The van der Waals surface area contributed by atoms with Crippen molar-refractivity contribution in [2.24, 2.45) is 4.99 Å². The van der Waals surface area contributed by atoms with Gasteiger partial charge in [0.25, 0.3) is 11.8 Å². The summed E-state index contributed by atoms with van der Waals surface area (Å²) in [6.07, 6.45) is 1.58. The zero-order valence-corrected chi connectivity index (χ0v) is 19.1. The summed E-state index contributed by atoms with van der Waals surface area (Å²) in [5, 5.41) is 6.58. The third kappa shape index (κ3) is 5.56. The lowest BCUT2D eigenvalue weighted by Gasteiger charge is -2.15. The fourth-order valence-corrected chi connectivity index (χ4v) is 3.25. The van der Waals surface area contributed by atoms with Crippen LogP contribution in [0.2, 0.25) is 0 Å². The molecule has 0 fully saturated rings. The average molecular weight is 506 g/mol. The smallest absolute Gasteiger partial charge is 0.261 e. The highest BCUT2D eigenvalue weighted by molar-refractivity contribution is 14.0. The van der Waals surface area contributed by atoms with Crippen molar-refractivity contribution in [3.05, 3.63) is 70.8 Å². The third-order valence-corrected chi connectivity index (χ3v) is 4.91. The molecule has 0 bridgehead atoms. The second kappa shape index (κ2) is 10.9. The number of rotatable bonds is 7. The SMILES string of the molecule is CN=C(NCCCCN1C(=O)c2ccccc2C1=O)NCc1ccccc1C.I. The molecule has 0 saturated heterocycles. The van der Waals surface area contributed by atoms with E-state index in [-0.39, 0.29) is 35.8 Å². The summed E-state index contributed by atoms with van der Waals surface area (Å²) < 4.78 is 0. The highest BCUT2D eigenvalue weighted by Gasteiger charge is 2.34. The zero-order chi connectivity index (χ0) is 19.9. The van der Waals surface area contributed by atoms with E-state index in [4.69, 9.17) is 0 Å². The fraction of sp³-hybridized carbons (Fsp3) is 0.318. The van der Waals surface area contributed by atoms with Gasteiger partial charge in [-0.3, -0.25) is 19.5 Å². The molecular formula is C22H27IN4O2. The minimum absolute atomic E-state index is 0. The van der Waals surface area contributed by atoms with Gasteiger partial charge in [-0.05, 0) is 43.0 Å². The predicted molar refractivity (Wildman–Crippen MR) is 126 cm³/mol. The van der Waals surface area contributed by atoms with Crippen LogP contribution in [0.5, 0.6) is 0 Å². The molecule has 2 amide bonds. The molecule has 29 heavy (non-hydrogen) atoms. The second-order valence-electron chi connectivity index (χ2n) is 6.79. The Morgan fingerprint density at radius 1 is 0.931 bits per heavy atom. The van der Waals surface area contributed by atoms with Gasteiger partial charge in [-0.1, -0.05) is 36.4 Å². The number of halogens is 1. The quantitative estimate of drug-likeness (QED) is 0.199. The topological polar surface area (TPSA) is 73.8 Å². The highest BCUT2D eigenvalue weighted by atomic mass is 127. The molecule has 1 aliphatic heterocycles. The number of imide groups is 1. The molecule has 0 radical (unpaired) electrons. The summed E-state index contributed by atoms with van der Waals surface area (Å²) >= 11 is 0. The van der Waals surface area contributed by atoms with Crippen molar-refractivity contribution in [2.75, 3.05) is 20.1 Å². The highest BCUT2D eigenvalue weighted by Crippen LogP contribution is 2.22. The monoisotopic (exact) mass is 506 g/mol. The molecule has 154 valence electrons. The van der Waals surface area contributed by atoms with Crippen LogP contribution in [-0.2, 0) is 6.54 Å². The first-order valence-electron chi connectivity index (χ1n) is 9.56. The van der Waals surface area contributed by atoms with E-state index in [1.165, 1.54) is 16.0 Å². The Kier molecular flexibility index (Phi) is 8.63. The van der Waals surface area contributed by atoms with Crippen molar-refractivity contribution in [3.8, 4) is 0 Å². The summed E-state index contributed by atoms with van der Waals surface area (Å²) in [5.74, 6) is 0.359. The molecule has 0 aromatic heterocycles. The van der Waals surface area contributed by atoms with Gasteiger partial charge in [-0.15, -0.1) is 24.0 Å². The van der Waals surface area contributed by atoms with Crippen LogP contribution < -0.4 is 10.6 Å².